The lowest BCUT2D eigenvalue weighted by Gasteiger charge is -2.38. The van der Waals surface area contributed by atoms with Crippen molar-refractivity contribution in [1.82, 2.24) is 19.9 Å². The van der Waals surface area contributed by atoms with Crippen molar-refractivity contribution in [1.29, 1.82) is 0 Å². The molecule has 110 valence electrons. The minimum atomic E-state index is -0.00627. The maximum absolute atomic E-state index is 12.4. The number of carbonyl (C=O) groups excluding carboxylic acids is 1. The van der Waals surface area contributed by atoms with Crippen LogP contribution in [-0.2, 0) is 0 Å². The molecule has 3 aromatic rings. The highest BCUT2D eigenvalue weighted by Gasteiger charge is 2.33. The summed E-state index contributed by atoms with van der Waals surface area (Å²) >= 11 is 1.44. The zero-order valence-corrected chi connectivity index (χ0v) is 12.5. The largest absolute Gasteiger partial charge is 0.348 e. The number of anilines is 1. The third-order valence-electron chi connectivity index (χ3n) is 3.54. The van der Waals surface area contributed by atoms with Gasteiger partial charge in [0.1, 0.15) is 0 Å². The number of nitrogens with zero attached hydrogens (tertiary/aromatic N) is 4. The van der Waals surface area contributed by atoms with Gasteiger partial charge in [-0.3, -0.25) is 4.79 Å². The Labute approximate surface area is 130 Å². The summed E-state index contributed by atoms with van der Waals surface area (Å²) in [6.45, 7) is 1.29. The van der Waals surface area contributed by atoms with E-state index in [1.807, 2.05) is 24.3 Å². The van der Waals surface area contributed by atoms with Crippen LogP contribution in [0.15, 0.2) is 42.7 Å². The minimum absolute atomic E-state index is 0.00627. The molecule has 7 heteroatoms. The summed E-state index contributed by atoms with van der Waals surface area (Å²) in [7, 11) is 0. The van der Waals surface area contributed by atoms with Gasteiger partial charge in [-0.2, -0.15) is 0 Å². The fraction of sp³-hybridized carbons (Fsp3) is 0.200. The van der Waals surface area contributed by atoms with Crippen LogP contribution in [0.2, 0.25) is 0 Å². The number of amides is 1. The summed E-state index contributed by atoms with van der Waals surface area (Å²) in [6.07, 6.45) is 3.39. The Balaban J connectivity index is 1.41. The number of aromatic nitrogens is 3. The molecule has 1 aliphatic rings. The van der Waals surface area contributed by atoms with Crippen LogP contribution in [0.3, 0.4) is 0 Å². The first-order chi connectivity index (χ1) is 10.8. The summed E-state index contributed by atoms with van der Waals surface area (Å²) in [5.74, 6) is 0.591. The number of rotatable bonds is 3. The number of fused-ring (bicyclic) bond motifs is 1. The van der Waals surface area contributed by atoms with Gasteiger partial charge in [-0.05, 0) is 18.2 Å². The Hall–Kier alpha value is -2.54. The highest BCUT2D eigenvalue weighted by atomic mass is 32.1. The molecule has 2 aromatic heterocycles. The molecule has 1 N–H and O–H groups in total. The number of thiazole rings is 1. The molecule has 1 saturated heterocycles. The number of likely N-dealkylation sites (tertiary alicyclic amines) is 1. The molecule has 1 aromatic carbocycles. The SMILES string of the molecule is O=C(c1nc2ccccc2s1)N1CC(Nc2ncccn2)C1. The van der Waals surface area contributed by atoms with Crippen molar-refractivity contribution in [2.75, 3.05) is 18.4 Å². The maximum Gasteiger partial charge on any atom is 0.283 e. The van der Waals surface area contributed by atoms with Crippen LogP contribution in [0.5, 0.6) is 0 Å². The van der Waals surface area contributed by atoms with Crippen LogP contribution >= 0.6 is 11.3 Å². The number of carbonyl (C=O) groups is 1. The molecule has 0 bridgehead atoms. The van der Waals surface area contributed by atoms with E-state index in [1.54, 1.807) is 23.4 Å². The van der Waals surface area contributed by atoms with Crippen molar-refractivity contribution in [3.8, 4) is 0 Å². The lowest BCUT2D eigenvalue weighted by molar-refractivity contribution is 0.0624. The van der Waals surface area contributed by atoms with Crippen LogP contribution < -0.4 is 5.32 Å². The second kappa shape index (κ2) is 5.34. The van der Waals surface area contributed by atoms with Crippen LogP contribution in [0, 0.1) is 0 Å². The average Bonchev–Trinajstić information content (AvgIpc) is 2.95. The number of para-hydroxylation sites is 1. The molecular weight excluding hydrogens is 298 g/mol. The van der Waals surface area contributed by atoms with Gasteiger partial charge in [0.05, 0.1) is 16.3 Å². The van der Waals surface area contributed by atoms with Crippen LogP contribution in [-0.4, -0.2) is 44.9 Å². The van der Waals surface area contributed by atoms with E-state index in [9.17, 15) is 4.79 Å². The Morgan fingerprint density at radius 3 is 2.73 bits per heavy atom. The van der Waals surface area contributed by atoms with E-state index in [1.165, 1.54) is 11.3 Å². The van der Waals surface area contributed by atoms with Crippen LogP contribution in [0.25, 0.3) is 10.2 Å². The zero-order valence-electron chi connectivity index (χ0n) is 11.6. The third-order valence-corrected chi connectivity index (χ3v) is 4.57. The van der Waals surface area contributed by atoms with E-state index in [-0.39, 0.29) is 11.9 Å². The van der Waals surface area contributed by atoms with Crippen molar-refractivity contribution >= 4 is 33.4 Å². The summed E-state index contributed by atoms with van der Waals surface area (Å²) in [4.78, 5) is 26.8. The quantitative estimate of drug-likeness (QED) is 0.801. The van der Waals surface area contributed by atoms with E-state index in [4.69, 9.17) is 0 Å². The van der Waals surface area contributed by atoms with Gasteiger partial charge in [0.25, 0.3) is 5.91 Å². The average molecular weight is 311 g/mol. The van der Waals surface area contributed by atoms with Gasteiger partial charge >= 0.3 is 0 Å². The molecule has 6 nitrogen and oxygen atoms in total. The van der Waals surface area contributed by atoms with Gasteiger partial charge in [-0.15, -0.1) is 11.3 Å². The molecule has 3 heterocycles. The molecule has 1 amide bonds. The Morgan fingerprint density at radius 2 is 1.95 bits per heavy atom. The van der Waals surface area contributed by atoms with Crippen molar-refractivity contribution in [3.63, 3.8) is 0 Å². The first kappa shape index (κ1) is 13.1. The summed E-state index contributed by atoms with van der Waals surface area (Å²) in [5.41, 5.74) is 0.878. The first-order valence-electron chi connectivity index (χ1n) is 6.98. The van der Waals surface area contributed by atoms with Gasteiger partial charge < -0.3 is 10.2 Å². The molecule has 0 aliphatic carbocycles. The molecule has 1 fully saturated rings. The lowest BCUT2D eigenvalue weighted by Crippen LogP contribution is -2.57. The smallest absolute Gasteiger partial charge is 0.283 e. The predicted molar refractivity (Wildman–Crippen MR) is 85.0 cm³/mol. The fourth-order valence-corrected chi connectivity index (χ4v) is 3.32. The normalized spacial score (nSPS) is 14.8. The van der Waals surface area contributed by atoms with Crippen molar-refractivity contribution in [2.24, 2.45) is 0 Å². The third kappa shape index (κ3) is 2.39. The standard InChI is InChI=1S/C15H13N5OS/c21-14(13-19-11-4-1-2-5-12(11)22-13)20-8-10(9-20)18-15-16-6-3-7-17-15/h1-7,10H,8-9H2,(H,16,17,18). The second-order valence-electron chi connectivity index (χ2n) is 5.11. The highest BCUT2D eigenvalue weighted by Crippen LogP contribution is 2.24. The van der Waals surface area contributed by atoms with Crippen LogP contribution in [0.1, 0.15) is 9.80 Å². The monoisotopic (exact) mass is 311 g/mol. The molecule has 22 heavy (non-hydrogen) atoms. The van der Waals surface area contributed by atoms with E-state index < -0.39 is 0 Å². The van der Waals surface area contributed by atoms with E-state index in [2.05, 4.69) is 20.3 Å². The summed E-state index contributed by atoms with van der Waals surface area (Å²) < 4.78 is 1.04. The summed E-state index contributed by atoms with van der Waals surface area (Å²) in [5, 5.41) is 3.76. The Bertz CT molecular complexity index is 780. The number of hydrogen-bond donors (Lipinski definition) is 1. The van der Waals surface area contributed by atoms with Crippen molar-refractivity contribution < 1.29 is 4.79 Å². The van der Waals surface area contributed by atoms with Gasteiger partial charge in [0.2, 0.25) is 5.95 Å². The molecule has 0 unspecified atom stereocenters. The van der Waals surface area contributed by atoms with Crippen molar-refractivity contribution in [2.45, 2.75) is 6.04 Å². The first-order valence-corrected chi connectivity index (χ1v) is 7.79. The minimum Gasteiger partial charge on any atom is -0.348 e. The molecule has 0 atom stereocenters. The lowest BCUT2D eigenvalue weighted by atomic mass is 10.1. The number of hydrogen-bond acceptors (Lipinski definition) is 6. The molecule has 1 aliphatic heterocycles. The van der Waals surface area contributed by atoms with Gasteiger partial charge in [0, 0.05) is 25.5 Å². The predicted octanol–water partition coefficient (Wildman–Crippen LogP) is 2.02. The molecule has 4 rings (SSSR count). The summed E-state index contributed by atoms with van der Waals surface area (Å²) in [6, 6.07) is 9.76. The van der Waals surface area contributed by atoms with Gasteiger partial charge in [-0.1, -0.05) is 12.1 Å². The molecular formula is C15H13N5OS. The molecule has 0 radical (unpaired) electrons. The molecule has 0 spiro atoms. The van der Waals surface area contributed by atoms with E-state index in [0.29, 0.717) is 24.0 Å². The fourth-order valence-electron chi connectivity index (χ4n) is 2.39. The Kier molecular flexibility index (Phi) is 3.19. The van der Waals surface area contributed by atoms with Gasteiger partial charge in [-0.25, -0.2) is 15.0 Å². The highest BCUT2D eigenvalue weighted by molar-refractivity contribution is 7.20. The zero-order chi connectivity index (χ0) is 14.9. The maximum atomic E-state index is 12.4. The Morgan fingerprint density at radius 1 is 1.18 bits per heavy atom. The second-order valence-corrected chi connectivity index (χ2v) is 6.14. The van der Waals surface area contributed by atoms with E-state index >= 15 is 0 Å². The van der Waals surface area contributed by atoms with Crippen molar-refractivity contribution in [3.05, 3.63) is 47.7 Å². The van der Waals surface area contributed by atoms with Crippen LogP contribution in [0.4, 0.5) is 5.95 Å². The molecule has 0 saturated carbocycles. The topological polar surface area (TPSA) is 71.0 Å². The van der Waals surface area contributed by atoms with E-state index in [0.717, 1.165) is 10.2 Å². The number of benzene rings is 1. The number of nitrogens with one attached hydrogen (secondary N) is 1. The van der Waals surface area contributed by atoms with Gasteiger partial charge in [0.15, 0.2) is 5.01 Å².